The molecular formula is C17H27NO2. The molecule has 0 saturated carbocycles. The van der Waals surface area contributed by atoms with Crippen LogP contribution in [-0.2, 0) is 4.74 Å². The van der Waals surface area contributed by atoms with Crippen molar-refractivity contribution in [1.82, 2.24) is 5.32 Å². The van der Waals surface area contributed by atoms with Crippen LogP contribution in [0.4, 0.5) is 0 Å². The van der Waals surface area contributed by atoms with Crippen LogP contribution in [0.1, 0.15) is 37.7 Å². The summed E-state index contributed by atoms with van der Waals surface area (Å²) in [7, 11) is 1.75. The molecule has 20 heavy (non-hydrogen) atoms. The minimum Gasteiger partial charge on any atom is -0.493 e. The lowest BCUT2D eigenvalue weighted by Crippen LogP contribution is -2.27. The Hall–Kier alpha value is -1.06. The van der Waals surface area contributed by atoms with E-state index in [0.717, 1.165) is 38.0 Å². The number of methoxy groups -OCH3 is 1. The lowest BCUT2D eigenvalue weighted by Gasteiger charge is -2.20. The quantitative estimate of drug-likeness (QED) is 0.703. The molecule has 1 aliphatic rings. The maximum absolute atomic E-state index is 5.79. The molecule has 2 rings (SSSR count). The normalized spacial score (nSPS) is 18.6. The molecule has 0 aliphatic carbocycles. The highest BCUT2D eigenvalue weighted by molar-refractivity contribution is 5.39. The molecule has 0 amide bonds. The van der Waals surface area contributed by atoms with Crippen LogP contribution in [0.2, 0.25) is 0 Å². The molecule has 3 heteroatoms. The number of benzene rings is 1. The molecule has 0 saturated heterocycles. The zero-order chi connectivity index (χ0) is 14.2. The Morgan fingerprint density at radius 1 is 1.40 bits per heavy atom. The van der Waals surface area contributed by atoms with E-state index in [9.17, 15) is 0 Å². The van der Waals surface area contributed by atoms with Crippen LogP contribution in [0.25, 0.3) is 0 Å². The van der Waals surface area contributed by atoms with Crippen molar-refractivity contribution < 1.29 is 9.47 Å². The van der Waals surface area contributed by atoms with E-state index in [-0.39, 0.29) is 0 Å². The number of fused-ring (bicyclic) bond motifs is 1. The van der Waals surface area contributed by atoms with Crippen molar-refractivity contribution in [2.24, 2.45) is 5.92 Å². The first kappa shape index (κ1) is 15.3. The maximum Gasteiger partial charge on any atom is 0.122 e. The lowest BCUT2D eigenvalue weighted by atomic mass is 9.88. The summed E-state index contributed by atoms with van der Waals surface area (Å²) < 4.78 is 10.9. The van der Waals surface area contributed by atoms with Crippen LogP contribution in [0.15, 0.2) is 24.3 Å². The summed E-state index contributed by atoms with van der Waals surface area (Å²) in [4.78, 5) is 0. The van der Waals surface area contributed by atoms with Gasteiger partial charge in [0.1, 0.15) is 5.75 Å². The summed E-state index contributed by atoms with van der Waals surface area (Å²) in [6, 6.07) is 8.47. The monoisotopic (exact) mass is 277 g/mol. The van der Waals surface area contributed by atoms with Crippen molar-refractivity contribution in [3.05, 3.63) is 29.8 Å². The summed E-state index contributed by atoms with van der Waals surface area (Å²) in [5.74, 6) is 2.36. The van der Waals surface area contributed by atoms with Crippen molar-refractivity contribution in [3.8, 4) is 5.75 Å². The second-order valence-electron chi connectivity index (χ2n) is 5.63. The molecule has 0 radical (unpaired) electrons. The molecule has 112 valence electrons. The fourth-order valence-corrected chi connectivity index (χ4v) is 3.02. The highest BCUT2D eigenvalue weighted by atomic mass is 16.5. The third kappa shape index (κ3) is 4.22. The van der Waals surface area contributed by atoms with E-state index in [1.54, 1.807) is 7.11 Å². The molecule has 0 bridgehead atoms. The Kier molecular flexibility index (Phi) is 6.34. The molecule has 1 N–H and O–H groups in total. The predicted octanol–water partition coefficient (Wildman–Crippen LogP) is 3.21. The van der Waals surface area contributed by atoms with Crippen LogP contribution >= 0.6 is 0 Å². The van der Waals surface area contributed by atoms with Gasteiger partial charge in [-0.25, -0.2) is 0 Å². The number of rotatable bonds is 9. The van der Waals surface area contributed by atoms with E-state index >= 15 is 0 Å². The molecular weight excluding hydrogens is 250 g/mol. The van der Waals surface area contributed by atoms with Crippen LogP contribution < -0.4 is 10.1 Å². The fourth-order valence-electron chi connectivity index (χ4n) is 3.02. The van der Waals surface area contributed by atoms with E-state index in [1.807, 2.05) is 0 Å². The first-order valence-electron chi connectivity index (χ1n) is 7.76. The Labute approximate surface area is 122 Å². The average molecular weight is 277 g/mol. The number of nitrogens with one attached hydrogen (secondary N) is 1. The number of hydrogen-bond donors (Lipinski definition) is 1. The van der Waals surface area contributed by atoms with Crippen LogP contribution in [-0.4, -0.2) is 33.4 Å². The van der Waals surface area contributed by atoms with Gasteiger partial charge in [-0.2, -0.15) is 0 Å². The van der Waals surface area contributed by atoms with Crippen molar-refractivity contribution in [1.29, 1.82) is 0 Å². The summed E-state index contributed by atoms with van der Waals surface area (Å²) in [5, 5.41) is 3.50. The van der Waals surface area contributed by atoms with Gasteiger partial charge in [-0.1, -0.05) is 31.5 Å². The summed E-state index contributed by atoms with van der Waals surface area (Å²) in [5.41, 5.74) is 1.39. The summed E-state index contributed by atoms with van der Waals surface area (Å²) in [6.07, 6.45) is 3.73. The van der Waals surface area contributed by atoms with Crippen LogP contribution in [0.3, 0.4) is 0 Å². The second kappa shape index (κ2) is 8.28. The van der Waals surface area contributed by atoms with Gasteiger partial charge in [-0.15, -0.1) is 0 Å². The zero-order valence-electron chi connectivity index (χ0n) is 12.7. The molecule has 1 aromatic rings. The van der Waals surface area contributed by atoms with Gasteiger partial charge < -0.3 is 14.8 Å². The average Bonchev–Trinajstić information content (AvgIpc) is 2.87. The molecule has 3 nitrogen and oxygen atoms in total. The van der Waals surface area contributed by atoms with Gasteiger partial charge >= 0.3 is 0 Å². The first-order valence-corrected chi connectivity index (χ1v) is 7.76. The minimum absolute atomic E-state index is 0.562. The minimum atomic E-state index is 0.562. The molecule has 1 heterocycles. The molecule has 1 aromatic carbocycles. The smallest absolute Gasteiger partial charge is 0.122 e. The third-order valence-electron chi connectivity index (χ3n) is 4.03. The van der Waals surface area contributed by atoms with Crippen molar-refractivity contribution >= 4 is 0 Å². The van der Waals surface area contributed by atoms with Crippen molar-refractivity contribution in [2.75, 3.05) is 33.4 Å². The van der Waals surface area contributed by atoms with Crippen LogP contribution in [0, 0.1) is 5.92 Å². The van der Waals surface area contributed by atoms with E-state index in [2.05, 4.69) is 36.5 Å². The van der Waals surface area contributed by atoms with Gasteiger partial charge in [-0.05, 0) is 31.4 Å². The highest BCUT2D eigenvalue weighted by Gasteiger charge is 2.26. The Morgan fingerprint density at radius 3 is 3.05 bits per heavy atom. The first-order chi connectivity index (χ1) is 9.85. The maximum atomic E-state index is 5.79. The van der Waals surface area contributed by atoms with Gasteiger partial charge in [0.2, 0.25) is 0 Å². The van der Waals surface area contributed by atoms with Gasteiger partial charge in [0.25, 0.3) is 0 Å². The van der Waals surface area contributed by atoms with Crippen LogP contribution in [0.5, 0.6) is 5.75 Å². The van der Waals surface area contributed by atoms with E-state index < -0.39 is 0 Å². The second-order valence-corrected chi connectivity index (χ2v) is 5.63. The van der Waals surface area contributed by atoms with Crippen molar-refractivity contribution in [3.63, 3.8) is 0 Å². The number of ether oxygens (including phenoxy) is 2. The van der Waals surface area contributed by atoms with E-state index in [0.29, 0.717) is 5.92 Å². The van der Waals surface area contributed by atoms with Gasteiger partial charge in [0.15, 0.2) is 0 Å². The SMILES string of the molecule is CCCC(CNCCOC)CC1COc2ccccc21. The zero-order valence-corrected chi connectivity index (χ0v) is 12.7. The lowest BCUT2D eigenvalue weighted by molar-refractivity contribution is 0.196. The molecule has 2 atom stereocenters. The highest BCUT2D eigenvalue weighted by Crippen LogP contribution is 2.37. The predicted molar refractivity (Wildman–Crippen MR) is 82.4 cm³/mol. The summed E-state index contributed by atoms with van der Waals surface area (Å²) in [6.45, 7) is 5.91. The Bertz CT molecular complexity index is 394. The third-order valence-corrected chi connectivity index (χ3v) is 4.03. The largest absolute Gasteiger partial charge is 0.493 e. The number of hydrogen-bond acceptors (Lipinski definition) is 3. The molecule has 0 spiro atoms. The Balaban J connectivity index is 1.85. The molecule has 2 unspecified atom stereocenters. The van der Waals surface area contributed by atoms with Gasteiger partial charge in [0, 0.05) is 25.1 Å². The van der Waals surface area contributed by atoms with Gasteiger partial charge in [-0.3, -0.25) is 0 Å². The molecule has 0 fully saturated rings. The van der Waals surface area contributed by atoms with E-state index in [1.165, 1.54) is 24.8 Å². The standard InChI is InChI=1S/C17H27NO2/c1-3-6-14(12-18-9-10-19-2)11-15-13-20-17-8-5-4-7-16(15)17/h4-5,7-8,14-15,18H,3,6,9-13H2,1-2H3. The Morgan fingerprint density at radius 2 is 2.25 bits per heavy atom. The summed E-state index contributed by atoms with van der Waals surface area (Å²) >= 11 is 0. The van der Waals surface area contributed by atoms with E-state index in [4.69, 9.17) is 9.47 Å². The molecule has 0 aromatic heterocycles. The topological polar surface area (TPSA) is 30.5 Å². The number of para-hydroxylation sites is 1. The van der Waals surface area contributed by atoms with Crippen molar-refractivity contribution in [2.45, 2.75) is 32.1 Å². The molecule has 1 aliphatic heterocycles. The fraction of sp³-hybridized carbons (Fsp3) is 0.647. The van der Waals surface area contributed by atoms with Gasteiger partial charge in [0.05, 0.1) is 13.2 Å².